The van der Waals surface area contributed by atoms with E-state index in [0.29, 0.717) is 5.69 Å². The number of nitrogens with two attached hydrogens (primary N) is 1. The van der Waals surface area contributed by atoms with Crippen LogP contribution in [0.25, 0.3) is 0 Å². The van der Waals surface area contributed by atoms with Gasteiger partial charge >= 0.3 is 5.97 Å². The van der Waals surface area contributed by atoms with Crippen molar-refractivity contribution in [1.82, 2.24) is 0 Å². The van der Waals surface area contributed by atoms with Crippen molar-refractivity contribution in [3.05, 3.63) is 29.8 Å². The van der Waals surface area contributed by atoms with Crippen LogP contribution in [0.2, 0.25) is 0 Å². The molecule has 10 heavy (non-hydrogen) atoms. The summed E-state index contributed by atoms with van der Waals surface area (Å²) in [6, 6.07) is 6.36. The molecule has 0 aromatic heterocycles. The molecule has 3 nitrogen and oxygen atoms in total. The molecule has 3 N–H and O–H groups in total. The molecule has 0 spiro atoms. The SMILES string of the molecule is N[14c]1[14cH][14cH][14cH][14cH][14c]1C(=O)O. The van der Waals surface area contributed by atoms with E-state index in [1.165, 1.54) is 6.07 Å². The fraction of sp³-hybridized carbons (Fsp3) is 0. The van der Waals surface area contributed by atoms with Gasteiger partial charge in [-0.15, -0.1) is 0 Å². The van der Waals surface area contributed by atoms with E-state index >= 15 is 0 Å². The second kappa shape index (κ2) is 2.39. The van der Waals surface area contributed by atoms with Crippen molar-refractivity contribution in [2.75, 3.05) is 5.73 Å². The number of nitrogen functional groups attached to an aromatic ring is 1. The van der Waals surface area contributed by atoms with Crippen molar-refractivity contribution < 1.29 is 9.90 Å². The van der Waals surface area contributed by atoms with Gasteiger partial charge in [0, 0.05) is 5.69 Å². The lowest BCUT2D eigenvalue weighted by atomic mass is 11.2. The summed E-state index contributed by atoms with van der Waals surface area (Å²) in [6.07, 6.45) is 0. The van der Waals surface area contributed by atoms with Gasteiger partial charge < -0.3 is 10.8 Å². The van der Waals surface area contributed by atoms with Gasteiger partial charge in [-0.05, 0) is 12.1 Å². The van der Waals surface area contributed by atoms with Gasteiger partial charge in [0.2, 0.25) is 0 Å². The minimum Gasteiger partial charge on any atom is -0.478 e. The topological polar surface area (TPSA) is 63.3 Å². The molecule has 0 aliphatic heterocycles. The zero-order valence-electron chi connectivity index (χ0n) is 5.24. The first-order valence-corrected chi connectivity index (χ1v) is 2.79. The van der Waals surface area contributed by atoms with E-state index in [2.05, 4.69) is 0 Å². The molecule has 0 bridgehead atoms. The molecule has 0 radical (unpaired) electrons. The number of aromatic carboxylic acids is 1. The Hall–Kier alpha value is -1.51. The predicted octanol–water partition coefficient (Wildman–Crippen LogP) is 0.967. The summed E-state index contributed by atoms with van der Waals surface area (Å²) >= 11 is 0. The van der Waals surface area contributed by atoms with Crippen molar-refractivity contribution >= 4 is 11.7 Å². The zero-order valence-corrected chi connectivity index (χ0v) is 5.24. The fourth-order valence-corrected chi connectivity index (χ4v) is 0.692. The molecule has 0 atom stereocenters. The highest BCUT2D eigenvalue weighted by Crippen LogP contribution is 2.08. The Morgan fingerprint density at radius 3 is 2.40 bits per heavy atom. The summed E-state index contributed by atoms with van der Waals surface area (Å²) in [6.45, 7) is 0. The van der Waals surface area contributed by atoms with Crippen molar-refractivity contribution in [2.45, 2.75) is 0 Å². The van der Waals surface area contributed by atoms with Crippen molar-refractivity contribution in [3.8, 4) is 0 Å². The van der Waals surface area contributed by atoms with Gasteiger partial charge in [-0.25, -0.2) is 4.79 Å². The first kappa shape index (κ1) is 6.61. The standard InChI is InChI=1S/C7H7NO2/c8-6-4-2-1-3-5(6)7(9)10/h1-4H,8H2,(H,9,10)/i1+2,2+2,3+2,4+2,5+2,6+2. The maximum atomic E-state index is 10.3. The van der Waals surface area contributed by atoms with E-state index in [1.54, 1.807) is 18.2 Å². The molecule has 0 fully saturated rings. The number of carboxylic acids is 1. The van der Waals surface area contributed by atoms with Crippen LogP contribution in [0.4, 0.5) is 5.69 Å². The Bertz CT molecular complexity index is 258. The lowest BCUT2D eigenvalue weighted by Crippen LogP contribution is -2.00. The predicted molar refractivity (Wildman–Crippen MR) is 37.8 cm³/mol. The van der Waals surface area contributed by atoms with Gasteiger partial charge in [0.15, 0.2) is 0 Å². The highest BCUT2D eigenvalue weighted by Gasteiger charge is 2.03. The van der Waals surface area contributed by atoms with Crippen LogP contribution in [0.1, 0.15) is 10.4 Å². The molecular formula is C7H7NO2. The van der Waals surface area contributed by atoms with E-state index in [4.69, 9.17) is 10.8 Å². The summed E-state index contributed by atoms with van der Waals surface area (Å²) in [5, 5.41) is 8.49. The Labute approximate surface area is 58.1 Å². The molecular weight excluding hydrogens is 142 g/mol. The van der Waals surface area contributed by atoms with Gasteiger partial charge in [0.25, 0.3) is 0 Å². The van der Waals surface area contributed by atoms with Gasteiger partial charge in [0.05, 0.1) is 5.56 Å². The Kier molecular flexibility index (Phi) is 1.58. The Balaban J connectivity index is 3.15. The number of hydrogen-bond acceptors (Lipinski definition) is 2. The largest absolute Gasteiger partial charge is 0.478 e. The third-order valence-electron chi connectivity index (χ3n) is 1.19. The number of para-hydroxylation sites is 1. The molecule has 0 amide bonds. The van der Waals surface area contributed by atoms with Crippen molar-refractivity contribution in [1.29, 1.82) is 0 Å². The number of carbonyl (C=O) groups is 1. The minimum atomic E-state index is -0.988. The van der Waals surface area contributed by atoms with Gasteiger partial charge in [-0.3, -0.25) is 0 Å². The number of anilines is 1. The van der Waals surface area contributed by atoms with Crippen molar-refractivity contribution in [3.63, 3.8) is 0 Å². The third kappa shape index (κ3) is 1.07. The summed E-state index contributed by atoms with van der Waals surface area (Å²) in [4.78, 5) is 10.3. The van der Waals surface area contributed by atoms with Crippen LogP contribution in [0, 0.1) is 0 Å². The molecule has 1 aromatic carbocycles. The summed E-state index contributed by atoms with van der Waals surface area (Å²) in [7, 11) is 0. The number of hydrogen-bond donors (Lipinski definition) is 2. The maximum Gasteiger partial charge on any atom is 0.337 e. The van der Waals surface area contributed by atoms with Gasteiger partial charge in [-0.1, -0.05) is 12.1 Å². The van der Waals surface area contributed by atoms with E-state index in [9.17, 15) is 4.79 Å². The van der Waals surface area contributed by atoms with E-state index in [1.807, 2.05) is 0 Å². The molecule has 0 aliphatic rings. The second-order valence-electron chi connectivity index (χ2n) is 1.89. The highest BCUT2D eigenvalue weighted by molar-refractivity contribution is 5.93. The Morgan fingerprint density at radius 2 is 2.00 bits per heavy atom. The van der Waals surface area contributed by atoms with Crippen LogP contribution in [-0.4, -0.2) is 11.1 Å². The molecule has 3 heteroatoms. The van der Waals surface area contributed by atoms with Crippen LogP contribution in [0.15, 0.2) is 24.3 Å². The first-order valence-electron chi connectivity index (χ1n) is 2.79. The molecule has 52 valence electrons. The van der Waals surface area contributed by atoms with Crippen LogP contribution in [-0.2, 0) is 0 Å². The number of carboxylic acid groups (broad SMARTS) is 1. The smallest absolute Gasteiger partial charge is 0.337 e. The average Bonchev–Trinajstić information content (AvgIpc) is 1.88. The monoisotopic (exact) mass is 149 g/mol. The third-order valence-corrected chi connectivity index (χ3v) is 1.19. The maximum absolute atomic E-state index is 10.3. The quantitative estimate of drug-likeness (QED) is 0.584. The lowest BCUT2D eigenvalue weighted by molar-refractivity contribution is 0.0698. The molecule has 0 unspecified atom stereocenters. The first-order chi connectivity index (χ1) is 4.72. The van der Waals surface area contributed by atoms with E-state index in [0.717, 1.165) is 0 Å². The minimum absolute atomic E-state index is 0.155. The summed E-state index contributed by atoms with van der Waals surface area (Å²) < 4.78 is 0. The van der Waals surface area contributed by atoms with Crippen LogP contribution in [0.5, 0.6) is 0 Å². The fourth-order valence-electron chi connectivity index (χ4n) is 0.692. The van der Waals surface area contributed by atoms with E-state index in [-0.39, 0.29) is 5.56 Å². The van der Waals surface area contributed by atoms with E-state index < -0.39 is 5.97 Å². The molecule has 0 saturated carbocycles. The van der Waals surface area contributed by atoms with Crippen LogP contribution < -0.4 is 5.73 Å². The molecule has 0 saturated heterocycles. The second-order valence-corrected chi connectivity index (χ2v) is 1.89. The lowest BCUT2D eigenvalue weighted by Gasteiger charge is -1.96. The van der Waals surface area contributed by atoms with Crippen LogP contribution in [0.3, 0.4) is 0 Å². The molecule has 1 rings (SSSR count). The normalized spacial score (nSPS) is 9.20. The summed E-state index contributed by atoms with van der Waals surface area (Å²) in [5.41, 5.74) is 5.80. The molecule has 1 aromatic rings. The number of rotatable bonds is 1. The highest BCUT2D eigenvalue weighted by atomic mass is 16.4. The number of benzene rings is 1. The average molecular weight is 149 g/mol. The van der Waals surface area contributed by atoms with Crippen molar-refractivity contribution in [2.24, 2.45) is 0 Å². The Morgan fingerprint density at radius 1 is 1.40 bits per heavy atom. The van der Waals surface area contributed by atoms with Crippen LogP contribution >= 0.6 is 0 Å². The summed E-state index contributed by atoms with van der Waals surface area (Å²) in [5.74, 6) is -0.988. The molecule has 0 heterocycles. The zero-order chi connectivity index (χ0) is 7.56. The van der Waals surface area contributed by atoms with Gasteiger partial charge in [0.1, 0.15) is 0 Å². The van der Waals surface area contributed by atoms with Gasteiger partial charge in [-0.2, -0.15) is 0 Å². The molecule has 0 aliphatic carbocycles.